The molecule has 0 bridgehead atoms. The van der Waals surface area contributed by atoms with Crippen molar-refractivity contribution in [2.45, 2.75) is 19.4 Å². The third-order valence-electron chi connectivity index (χ3n) is 2.28. The standard InChI is InChI=1S/C10H15N3/c1-10(2)6-12-8-5-3-4-7(11)9(8)13-10/h3-5,12-13H,6,11H2,1-2H3. The van der Waals surface area contributed by atoms with Crippen LogP contribution in [0.5, 0.6) is 0 Å². The van der Waals surface area contributed by atoms with E-state index in [9.17, 15) is 0 Å². The first-order valence-corrected chi connectivity index (χ1v) is 4.49. The number of fused-ring (bicyclic) bond motifs is 1. The Hall–Kier alpha value is -1.38. The van der Waals surface area contributed by atoms with Gasteiger partial charge in [0.1, 0.15) is 0 Å². The second kappa shape index (κ2) is 2.55. The monoisotopic (exact) mass is 177 g/mol. The number of hydrogen-bond donors (Lipinski definition) is 3. The van der Waals surface area contributed by atoms with E-state index >= 15 is 0 Å². The molecule has 0 aliphatic carbocycles. The number of nitrogens with one attached hydrogen (secondary N) is 2. The van der Waals surface area contributed by atoms with Crippen LogP contribution < -0.4 is 16.4 Å². The topological polar surface area (TPSA) is 50.1 Å². The van der Waals surface area contributed by atoms with Crippen molar-refractivity contribution in [1.29, 1.82) is 0 Å². The molecule has 2 rings (SSSR count). The van der Waals surface area contributed by atoms with Gasteiger partial charge in [-0.3, -0.25) is 0 Å². The van der Waals surface area contributed by atoms with Gasteiger partial charge >= 0.3 is 0 Å². The number of nitrogen functional groups attached to an aromatic ring is 1. The minimum Gasteiger partial charge on any atom is -0.397 e. The van der Waals surface area contributed by atoms with Crippen molar-refractivity contribution in [3.63, 3.8) is 0 Å². The molecule has 0 amide bonds. The number of rotatable bonds is 0. The molecule has 1 heterocycles. The third-order valence-corrected chi connectivity index (χ3v) is 2.28. The Morgan fingerprint density at radius 1 is 1.38 bits per heavy atom. The normalized spacial score (nSPS) is 18.3. The van der Waals surface area contributed by atoms with E-state index in [0.717, 1.165) is 23.6 Å². The SMILES string of the molecule is CC1(C)CNc2cccc(N)c2N1. The second-order valence-corrected chi connectivity index (χ2v) is 4.13. The molecule has 0 atom stereocenters. The maximum atomic E-state index is 5.86. The predicted octanol–water partition coefficient (Wildman–Crippen LogP) is 1.88. The van der Waals surface area contributed by atoms with Gasteiger partial charge in [0, 0.05) is 12.1 Å². The van der Waals surface area contributed by atoms with E-state index in [0.29, 0.717) is 0 Å². The molecule has 1 aliphatic heterocycles. The lowest BCUT2D eigenvalue weighted by Crippen LogP contribution is -2.42. The van der Waals surface area contributed by atoms with E-state index in [1.165, 1.54) is 0 Å². The fourth-order valence-electron chi connectivity index (χ4n) is 1.56. The highest BCUT2D eigenvalue weighted by atomic mass is 15.1. The van der Waals surface area contributed by atoms with Gasteiger partial charge in [0.05, 0.1) is 17.1 Å². The van der Waals surface area contributed by atoms with Crippen molar-refractivity contribution in [3.8, 4) is 0 Å². The van der Waals surface area contributed by atoms with Gasteiger partial charge in [-0.05, 0) is 26.0 Å². The Kier molecular flexibility index (Phi) is 1.62. The zero-order chi connectivity index (χ0) is 9.47. The fourth-order valence-corrected chi connectivity index (χ4v) is 1.56. The van der Waals surface area contributed by atoms with Crippen LogP contribution in [0.25, 0.3) is 0 Å². The summed E-state index contributed by atoms with van der Waals surface area (Å²) < 4.78 is 0. The first-order chi connectivity index (χ1) is 6.08. The Morgan fingerprint density at radius 3 is 2.92 bits per heavy atom. The minimum atomic E-state index is 0.0719. The summed E-state index contributed by atoms with van der Waals surface area (Å²) >= 11 is 0. The van der Waals surface area contributed by atoms with E-state index in [1.807, 2.05) is 18.2 Å². The van der Waals surface area contributed by atoms with Gasteiger partial charge in [0.15, 0.2) is 0 Å². The van der Waals surface area contributed by atoms with Gasteiger partial charge in [-0.15, -0.1) is 0 Å². The molecule has 0 saturated carbocycles. The predicted molar refractivity (Wildman–Crippen MR) is 57.0 cm³/mol. The summed E-state index contributed by atoms with van der Waals surface area (Å²) in [6, 6.07) is 5.91. The molecular formula is C10H15N3. The van der Waals surface area contributed by atoms with Crippen LogP contribution in [0.3, 0.4) is 0 Å². The van der Waals surface area contributed by atoms with E-state index in [2.05, 4.69) is 24.5 Å². The lowest BCUT2D eigenvalue weighted by molar-refractivity contribution is 0.589. The summed E-state index contributed by atoms with van der Waals surface area (Å²) in [5.41, 5.74) is 8.86. The van der Waals surface area contributed by atoms with Crippen molar-refractivity contribution >= 4 is 17.1 Å². The molecule has 0 radical (unpaired) electrons. The van der Waals surface area contributed by atoms with E-state index in [4.69, 9.17) is 5.73 Å². The highest BCUT2D eigenvalue weighted by Crippen LogP contribution is 2.34. The number of nitrogens with two attached hydrogens (primary N) is 1. The molecule has 70 valence electrons. The molecule has 0 fully saturated rings. The Labute approximate surface area is 78.3 Å². The number of hydrogen-bond acceptors (Lipinski definition) is 3. The molecule has 0 saturated heterocycles. The smallest absolute Gasteiger partial charge is 0.0814 e. The van der Waals surface area contributed by atoms with Crippen molar-refractivity contribution in [3.05, 3.63) is 18.2 Å². The lowest BCUT2D eigenvalue weighted by atomic mass is 10.0. The van der Waals surface area contributed by atoms with Gasteiger partial charge in [-0.25, -0.2) is 0 Å². The maximum Gasteiger partial charge on any atom is 0.0814 e. The summed E-state index contributed by atoms with van der Waals surface area (Å²) in [6.07, 6.45) is 0. The molecule has 13 heavy (non-hydrogen) atoms. The van der Waals surface area contributed by atoms with Crippen LogP contribution in [-0.4, -0.2) is 12.1 Å². The van der Waals surface area contributed by atoms with Gasteiger partial charge < -0.3 is 16.4 Å². The van der Waals surface area contributed by atoms with Gasteiger partial charge in [0.25, 0.3) is 0 Å². The molecule has 3 nitrogen and oxygen atoms in total. The maximum absolute atomic E-state index is 5.86. The molecule has 4 N–H and O–H groups in total. The van der Waals surface area contributed by atoms with E-state index in [-0.39, 0.29) is 5.54 Å². The Bertz CT molecular complexity index is 331. The fraction of sp³-hybridized carbons (Fsp3) is 0.400. The number of benzene rings is 1. The van der Waals surface area contributed by atoms with Gasteiger partial charge in [-0.1, -0.05) is 6.07 Å². The van der Waals surface area contributed by atoms with Crippen molar-refractivity contribution in [2.75, 3.05) is 22.9 Å². The second-order valence-electron chi connectivity index (χ2n) is 4.13. The van der Waals surface area contributed by atoms with Crippen LogP contribution in [0, 0.1) is 0 Å². The average Bonchev–Trinajstić information content (AvgIpc) is 2.06. The summed E-state index contributed by atoms with van der Waals surface area (Å²) in [5, 5.41) is 6.77. The average molecular weight is 177 g/mol. The molecule has 1 aromatic carbocycles. The van der Waals surface area contributed by atoms with Crippen LogP contribution in [0.1, 0.15) is 13.8 Å². The molecule has 0 aromatic heterocycles. The van der Waals surface area contributed by atoms with Crippen LogP contribution in [0.15, 0.2) is 18.2 Å². The molecular weight excluding hydrogens is 162 g/mol. The zero-order valence-corrected chi connectivity index (χ0v) is 8.02. The van der Waals surface area contributed by atoms with E-state index < -0.39 is 0 Å². The van der Waals surface area contributed by atoms with E-state index in [1.54, 1.807) is 0 Å². The van der Waals surface area contributed by atoms with Crippen molar-refractivity contribution in [1.82, 2.24) is 0 Å². The highest BCUT2D eigenvalue weighted by molar-refractivity contribution is 5.83. The third kappa shape index (κ3) is 1.41. The lowest BCUT2D eigenvalue weighted by Gasteiger charge is -2.35. The van der Waals surface area contributed by atoms with Gasteiger partial charge in [-0.2, -0.15) is 0 Å². The quantitative estimate of drug-likeness (QED) is 0.530. The van der Waals surface area contributed by atoms with Crippen LogP contribution in [0.2, 0.25) is 0 Å². The number of para-hydroxylation sites is 1. The zero-order valence-electron chi connectivity index (χ0n) is 8.02. The minimum absolute atomic E-state index is 0.0719. The summed E-state index contributed by atoms with van der Waals surface area (Å²) in [4.78, 5) is 0. The first-order valence-electron chi connectivity index (χ1n) is 4.49. The van der Waals surface area contributed by atoms with Crippen LogP contribution >= 0.6 is 0 Å². The molecule has 0 unspecified atom stereocenters. The Morgan fingerprint density at radius 2 is 2.15 bits per heavy atom. The number of anilines is 3. The molecule has 3 heteroatoms. The summed E-state index contributed by atoms with van der Waals surface area (Å²) in [5.74, 6) is 0. The first kappa shape index (κ1) is 8.23. The summed E-state index contributed by atoms with van der Waals surface area (Å²) in [6.45, 7) is 5.22. The summed E-state index contributed by atoms with van der Waals surface area (Å²) in [7, 11) is 0. The van der Waals surface area contributed by atoms with Crippen LogP contribution in [-0.2, 0) is 0 Å². The largest absolute Gasteiger partial charge is 0.397 e. The van der Waals surface area contributed by atoms with Crippen molar-refractivity contribution in [2.24, 2.45) is 0 Å². The van der Waals surface area contributed by atoms with Crippen molar-refractivity contribution < 1.29 is 0 Å². The molecule has 1 aliphatic rings. The van der Waals surface area contributed by atoms with Gasteiger partial charge in [0.2, 0.25) is 0 Å². The molecule has 0 spiro atoms. The highest BCUT2D eigenvalue weighted by Gasteiger charge is 2.24. The molecule has 1 aromatic rings. The van der Waals surface area contributed by atoms with Crippen LogP contribution in [0.4, 0.5) is 17.1 Å². The Balaban J connectivity index is 2.44.